The minimum Gasteiger partial charge on any atom is -0.455 e. The van der Waals surface area contributed by atoms with Crippen LogP contribution in [0.15, 0.2) is 114 Å². The summed E-state index contributed by atoms with van der Waals surface area (Å²) in [7, 11) is 0. The van der Waals surface area contributed by atoms with Gasteiger partial charge in [0.2, 0.25) is 0 Å². The molecule has 7 aromatic rings. The monoisotopic (exact) mass is 510 g/mol. The maximum Gasteiger partial charge on any atom is 0.149 e. The van der Waals surface area contributed by atoms with Gasteiger partial charge in [0, 0.05) is 22.4 Å². The van der Waals surface area contributed by atoms with Gasteiger partial charge in [0.15, 0.2) is 0 Å². The fraction of sp³-hybridized carbons (Fsp3) is 0.114. The number of imidazole rings is 1. The topological polar surface area (TPSA) is 31.0 Å². The summed E-state index contributed by atoms with van der Waals surface area (Å²) < 4.78 is 23.0. The van der Waals surface area contributed by atoms with Crippen molar-refractivity contribution in [1.29, 1.82) is 0 Å². The number of para-hydroxylation sites is 2. The molecule has 0 amide bonds. The first-order valence-corrected chi connectivity index (χ1v) is 13.2. The largest absolute Gasteiger partial charge is 0.455 e. The van der Waals surface area contributed by atoms with Crippen molar-refractivity contribution in [2.45, 2.75) is 26.2 Å². The molecule has 7 rings (SSSR count). The Morgan fingerprint density at radius 3 is 2.31 bits per heavy atom. The van der Waals surface area contributed by atoms with E-state index in [9.17, 15) is 4.39 Å². The molecule has 0 radical (unpaired) electrons. The fourth-order valence-electron chi connectivity index (χ4n) is 5.45. The van der Waals surface area contributed by atoms with E-state index in [1.54, 1.807) is 0 Å². The first-order valence-electron chi connectivity index (χ1n) is 13.2. The first-order chi connectivity index (χ1) is 18.9. The lowest BCUT2D eigenvalue weighted by Gasteiger charge is -2.23. The summed E-state index contributed by atoms with van der Waals surface area (Å²) in [4.78, 5) is 5.01. The van der Waals surface area contributed by atoms with E-state index >= 15 is 0 Å². The third-order valence-electron chi connectivity index (χ3n) is 7.45. The minimum absolute atomic E-state index is 0.0229. The van der Waals surface area contributed by atoms with Crippen LogP contribution in [0.5, 0.6) is 0 Å². The average Bonchev–Trinajstić information content (AvgIpc) is 3.51. The van der Waals surface area contributed by atoms with E-state index < -0.39 is 0 Å². The van der Waals surface area contributed by atoms with Crippen molar-refractivity contribution in [2.75, 3.05) is 0 Å². The molecular formula is C35H27FN2O. The van der Waals surface area contributed by atoms with Crippen LogP contribution in [0.25, 0.3) is 61.2 Å². The highest BCUT2D eigenvalue weighted by Crippen LogP contribution is 2.40. The van der Waals surface area contributed by atoms with E-state index in [1.807, 2.05) is 42.5 Å². The molecule has 2 aromatic heterocycles. The SMILES string of the molecule is CC(C)(C)c1ccc(-n2c(-c3cccc4c3oc3ccccc34)nc3cc(F)ccc32)c(-c2ccccc2)c1. The molecule has 0 N–H and O–H groups in total. The molecule has 0 saturated carbocycles. The van der Waals surface area contributed by atoms with Crippen LogP contribution in [0.1, 0.15) is 26.3 Å². The van der Waals surface area contributed by atoms with Crippen LogP contribution < -0.4 is 0 Å². The van der Waals surface area contributed by atoms with Gasteiger partial charge in [0.1, 0.15) is 22.8 Å². The van der Waals surface area contributed by atoms with Crippen LogP contribution in [0.4, 0.5) is 4.39 Å². The maximum absolute atomic E-state index is 14.4. The fourth-order valence-corrected chi connectivity index (χ4v) is 5.45. The molecule has 0 unspecified atom stereocenters. The normalized spacial score (nSPS) is 12.1. The predicted molar refractivity (Wildman–Crippen MR) is 158 cm³/mol. The quantitative estimate of drug-likeness (QED) is 0.237. The number of aromatic nitrogens is 2. The van der Waals surface area contributed by atoms with E-state index in [4.69, 9.17) is 9.40 Å². The molecule has 3 nitrogen and oxygen atoms in total. The summed E-state index contributed by atoms with van der Waals surface area (Å²) in [6, 6.07) is 36.0. The Morgan fingerprint density at radius 2 is 1.49 bits per heavy atom. The number of nitrogens with zero attached hydrogens (tertiary/aromatic N) is 2. The molecule has 0 aliphatic rings. The zero-order valence-corrected chi connectivity index (χ0v) is 22.1. The summed E-state index contributed by atoms with van der Waals surface area (Å²) in [6.45, 7) is 6.67. The Balaban J connectivity index is 1.59. The van der Waals surface area contributed by atoms with Crippen LogP contribution >= 0.6 is 0 Å². The second-order valence-corrected chi connectivity index (χ2v) is 11.0. The highest BCUT2D eigenvalue weighted by molar-refractivity contribution is 6.09. The Kier molecular flexibility index (Phi) is 5.21. The number of rotatable bonds is 3. The standard InChI is InChI=1S/C35H27FN2O/c1-35(2,3)23-16-18-30(28(20-23)22-10-5-4-6-11-22)38-31-19-17-24(36)21-29(31)37-34(38)27-14-9-13-26-25-12-7-8-15-32(25)39-33(26)27/h4-21H,1-3H3. The summed E-state index contributed by atoms with van der Waals surface area (Å²) in [5, 5.41) is 2.09. The Hall–Kier alpha value is -4.70. The van der Waals surface area contributed by atoms with Crippen molar-refractivity contribution < 1.29 is 8.81 Å². The molecule has 0 aliphatic carbocycles. The third kappa shape index (κ3) is 3.83. The average molecular weight is 511 g/mol. The second kappa shape index (κ2) is 8.67. The molecule has 190 valence electrons. The smallest absolute Gasteiger partial charge is 0.149 e. The van der Waals surface area contributed by atoms with Crippen molar-refractivity contribution in [3.05, 3.63) is 121 Å². The van der Waals surface area contributed by atoms with Gasteiger partial charge in [-0.15, -0.1) is 0 Å². The molecule has 5 aromatic carbocycles. The van der Waals surface area contributed by atoms with Crippen molar-refractivity contribution in [3.63, 3.8) is 0 Å². The minimum atomic E-state index is -0.313. The van der Waals surface area contributed by atoms with Gasteiger partial charge in [-0.3, -0.25) is 4.57 Å². The molecule has 2 heterocycles. The summed E-state index contributed by atoms with van der Waals surface area (Å²) in [5.74, 6) is 0.396. The summed E-state index contributed by atoms with van der Waals surface area (Å²) in [5.41, 5.74) is 8.27. The predicted octanol–water partition coefficient (Wildman–Crippen LogP) is 9.70. The lowest BCUT2D eigenvalue weighted by molar-refractivity contribution is 0.590. The van der Waals surface area contributed by atoms with Crippen LogP contribution in [-0.4, -0.2) is 9.55 Å². The van der Waals surface area contributed by atoms with Gasteiger partial charge < -0.3 is 4.42 Å². The van der Waals surface area contributed by atoms with Gasteiger partial charge in [0.25, 0.3) is 0 Å². The summed E-state index contributed by atoms with van der Waals surface area (Å²) >= 11 is 0. The number of furan rings is 1. The van der Waals surface area contributed by atoms with Gasteiger partial charge in [-0.1, -0.05) is 87.5 Å². The molecule has 0 aliphatic heterocycles. The third-order valence-corrected chi connectivity index (χ3v) is 7.45. The van der Waals surface area contributed by atoms with Gasteiger partial charge in [0.05, 0.1) is 22.3 Å². The molecule has 0 spiro atoms. The molecular weight excluding hydrogens is 483 g/mol. The Bertz CT molecular complexity index is 2010. The number of halogens is 1. The van der Waals surface area contributed by atoms with Crippen molar-refractivity contribution in [3.8, 4) is 28.2 Å². The number of hydrogen-bond acceptors (Lipinski definition) is 2. The molecule has 4 heteroatoms. The van der Waals surface area contributed by atoms with Gasteiger partial charge in [-0.2, -0.15) is 0 Å². The molecule has 0 fully saturated rings. The van der Waals surface area contributed by atoms with Gasteiger partial charge in [-0.05, 0) is 52.9 Å². The van der Waals surface area contributed by atoms with Gasteiger partial charge in [-0.25, -0.2) is 9.37 Å². The first kappa shape index (κ1) is 23.4. The maximum atomic E-state index is 14.4. The van der Waals surface area contributed by atoms with E-state index in [0.717, 1.165) is 49.8 Å². The van der Waals surface area contributed by atoms with E-state index in [1.165, 1.54) is 17.7 Å². The lowest BCUT2D eigenvalue weighted by atomic mass is 9.85. The second-order valence-electron chi connectivity index (χ2n) is 11.0. The number of hydrogen-bond donors (Lipinski definition) is 0. The lowest BCUT2D eigenvalue weighted by Crippen LogP contribution is -2.12. The molecule has 0 atom stereocenters. The van der Waals surface area contributed by atoms with E-state index in [2.05, 4.69) is 79.9 Å². The number of benzene rings is 5. The molecule has 0 bridgehead atoms. The van der Waals surface area contributed by atoms with Crippen LogP contribution in [0, 0.1) is 5.82 Å². The zero-order valence-electron chi connectivity index (χ0n) is 22.1. The van der Waals surface area contributed by atoms with E-state index in [-0.39, 0.29) is 11.2 Å². The molecule has 39 heavy (non-hydrogen) atoms. The van der Waals surface area contributed by atoms with E-state index in [0.29, 0.717) is 11.3 Å². The van der Waals surface area contributed by atoms with Gasteiger partial charge >= 0.3 is 0 Å². The zero-order chi connectivity index (χ0) is 26.7. The van der Waals surface area contributed by atoms with Crippen LogP contribution in [0.3, 0.4) is 0 Å². The van der Waals surface area contributed by atoms with Crippen molar-refractivity contribution in [1.82, 2.24) is 9.55 Å². The van der Waals surface area contributed by atoms with Crippen molar-refractivity contribution >= 4 is 33.0 Å². The van der Waals surface area contributed by atoms with Crippen LogP contribution in [0.2, 0.25) is 0 Å². The number of fused-ring (bicyclic) bond motifs is 4. The van der Waals surface area contributed by atoms with Crippen molar-refractivity contribution in [2.24, 2.45) is 0 Å². The highest BCUT2D eigenvalue weighted by Gasteiger charge is 2.23. The highest BCUT2D eigenvalue weighted by atomic mass is 19.1. The molecule has 0 saturated heterocycles. The Labute approximate surface area is 226 Å². The Morgan fingerprint density at radius 1 is 0.718 bits per heavy atom. The van der Waals surface area contributed by atoms with Crippen LogP contribution in [-0.2, 0) is 5.41 Å². The summed E-state index contributed by atoms with van der Waals surface area (Å²) in [6.07, 6.45) is 0.